The maximum absolute atomic E-state index is 13.6. The molecule has 0 spiro atoms. The van der Waals surface area contributed by atoms with Gasteiger partial charge in [-0.25, -0.2) is 8.42 Å². The van der Waals surface area contributed by atoms with Crippen molar-refractivity contribution < 1.29 is 13.2 Å². The number of amides is 1. The lowest BCUT2D eigenvalue weighted by Crippen LogP contribution is -2.21. The highest BCUT2D eigenvalue weighted by Crippen LogP contribution is 2.27. The molecule has 0 N–H and O–H groups in total. The van der Waals surface area contributed by atoms with Crippen LogP contribution in [0.5, 0.6) is 0 Å². The molecule has 0 aliphatic heterocycles. The summed E-state index contributed by atoms with van der Waals surface area (Å²) >= 11 is 3.05. The van der Waals surface area contributed by atoms with E-state index in [-0.39, 0.29) is 10.8 Å². The Balaban J connectivity index is 1.87. The topological polar surface area (TPSA) is 68.5 Å². The fourth-order valence-corrected chi connectivity index (χ4v) is 5.88. The molecule has 4 rings (SSSR count). The van der Waals surface area contributed by atoms with Gasteiger partial charge in [0.25, 0.3) is 5.91 Å². The van der Waals surface area contributed by atoms with Crippen molar-refractivity contribution in [2.24, 2.45) is 4.99 Å². The SMILES string of the molecule is CSCCn1c(=NC(=O)C(c2ccccc2)c2ccccc2)sc2cc(S(C)(=O)=O)ccc21. The highest BCUT2D eigenvalue weighted by atomic mass is 32.2. The Morgan fingerprint density at radius 1 is 1.00 bits per heavy atom. The number of aryl methyl sites for hydroxylation is 1. The molecule has 33 heavy (non-hydrogen) atoms. The van der Waals surface area contributed by atoms with Gasteiger partial charge in [-0.15, -0.1) is 0 Å². The number of aromatic nitrogens is 1. The summed E-state index contributed by atoms with van der Waals surface area (Å²) in [4.78, 5) is 19.0. The number of benzene rings is 3. The Kier molecular flexibility index (Phi) is 7.17. The van der Waals surface area contributed by atoms with Gasteiger partial charge in [0.1, 0.15) is 0 Å². The van der Waals surface area contributed by atoms with E-state index in [1.54, 1.807) is 30.0 Å². The predicted molar refractivity (Wildman–Crippen MR) is 137 cm³/mol. The predicted octanol–water partition coefficient (Wildman–Crippen LogP) is 4.73. The second-order valence-corrected chi connectivity index (χ2v) is 11.6. The second kappa shape index (κ2) is 10.1. The van der Waals surface area contributed by atoms with Crippen LogP contribution in [-0.2, 0) is 21.2 Å². The Bertz CT molecular complexity index is 1400. The van der Waals surface area contributed by atoms with E-state index in [1.807, 2.05) is 71.5 Å². The smallest absolute Gasteiger partial charge is 0.260 e. The average molecular weight is 497 g/mol. The fraction of sp³-hybridized carbons (Fsp3) is 0.200. The molecular weight excluding hydrogens is 472 g/mol. The zero-order valence-electron chi connectivity index (χ0n) is 18.3. The molecule has 4 aromatic rings. The van der Waals surface area contributed by atoms with Crippen molar-refractivity contribution in [1.29, 1.82) is 0 Å². The quantitative estimate of drug-likeness (QED) is 0.371. The molecule has 0 bridgehead atoms. The summed E-state index contributed by atoms with van der Waals surface area (Å²) < 4.78 is 26.9. The van der Waals surface area contributed by atoms with Crippen LogP contribution in [0.25, 0.3) is 10.2 Å². The number of thiazole rings is 1. The Labute approximate surface area is 201 Å². The van der Waals surface area contributed by atoms with Crippen molar-refractivity contribution in [3.63, 3.8) is 0 Å². The van der Waals surface area contributed by atoms with Crippen LogP contribution in [0, 0.1) is 0 Å². The van der Waals surface area contributed by atoms with E-state index in [9.17, 15) is 13.2 Å². The minimum absolute atomic E-state index is 0.250. The molecule has 0 fully saturated rings. The van der Waals surface area contributed by atoms with Gasteiger partial charge in [-0.1, -0.05) is 72.0 Å². The molecule has 0 aliphatic rings. The van der Waals surface area contributed by atoms with Crippen molar-refractivity contribution in [3.8, 4) is 0 Å². The third-order valence-corrected chi connectivity index (χ3v) is 8.06. The van der Waals surface area contributed by atoms with Crippen molar-refractivity contribution >= 4 is 49.1 Å². The van der Waals surface area contributed by atoms with Gasteiger partial charge in [0.2, 0.25) is 0 Å². The molecule has 0 radical (unpaired) electrons. The molecular formula is C25H24N2O3S3. The third kappa shape index (κ3) is 5.29. The standard InChI is InChI=1S/C25H24N2O3S3/c1-31-16-15-27-21-14-13-20(33(2,29)30)17-22(21)32-25(27)26-24(28)23(18-9-5-3-6-10-18)19-11-7-4-8-12-19/h3-14,17,23H,15-16H2,1-2H3. The van der Waals surface area contributed by atoms with Gasteiger partial charge in [-0.05, 0) is 35.6 Å². The maximum atomic E-state index is 13.6. The first-order valence-electron chi connectivity index (χ1n) is 10.4. The maximum Gasteiger partial charge on any atom is 0.260 e. The Morgan fingerprint density at radius 2 is 1.61 bits per heavy atom. The van der Waals surface area contributed by atoms with Gasteiger partial charge in [-0.3, -0.25) is 4.79 Å². The minimum atomic E-state index is -3.33. The second-order valence-electron chi connectivity index (χ2n) is 7.64. The summed E-state index contributed by atoms with van der Waals surface area (Å²) in [6.45, 7) is 0.673. The molecule has 1 amide bonds. The van der Waals surface area contributed by atoms with Gasteiger partial charge in [0, 0.05) is 18.6 Å². The molecule has 0 saturated heterocycles. The number of hydrogen-bond acceptors (Lipinski definition) is 5. The lowest BCUT2D eigenvalue weighted by Gasteiger charge is -2.14. The molecule has 0 saturated carbocycles. The van der Waals surface area contributed by atoms with Crippen molar-refractivity contribution in [1.82, 2.24) is 4.57 Å². The van der Waals surface area contributed by atoms with E-state index >= 15 is 0 Å². The first kappa shape index (κ1) is 23.5. The fourth-order valence-electron chi connectivity index (χ4n) is 3.70. The summed E-state index contributed by atoms with van der Waals surface area (Å²) in [6.07, 6.45) is 3.22. The van der Waals surface area contributed by atoms with Crippen LogP contribution < -0.4 is 4.80 Å². The van der Waals surface area contributed by atoms with E-state index in [2.05, 4.69) is 4.99 Å². The van der Waals surface area contributed by atoms with E-state index in [0.717, 1.165) is 27.1 Å². The number of rotatable bonds is 7. The van der Waals surface area contributed by atoms with E-state index in [4.69, 9.17) is 0 Å². The highest BCUT2D eigenvalue weighted by molar-refractivity contribution is 7.98. The molecule has 1 heterocycles. The van der Waals surface area contributed by atoms with Crippen molar-refractivity contribution in [3.05, 3.63) is 94.8 Å². The summed E-state index contributed by atoms with van der Waals surface area (Å²) in [5.74, 6) is 0.0837. The van der Waals surface area contributed by atoms with E-state index in [0.29, 0.717) is 11.3 Å². The average Bonchev–Trinajstić information content (AvgIpc) is 3.14. The number of fused-ring (bicyclic) bond motifs is 1. The Morgan fingerprint density at radius 3 is 2.15 bits per heavy atom. The molecule has 170 valence electrons. The van der Waals surface area contributed by atoms with E-state index in [1.165, 1.54) is 17.6 Å². The number of carbonyl (C=O) groups excluding carboxylic acids is 1. The van der Waals surface area contributed by atoms with Gasteiger partial charge < -0.3 is 4.57 Å². The molecule has 0 unspecified atom stereocenters. The normalized spacial score (nSPS) is 12.5. The number of nitrogens with zero attached hydrogens (tertiary/aromatic N) is 2. The van der Waals surface area contributed by atoms with Gasteiger partial charge >= 0.3 is 0 Å². The van der Waals surface area contributed by atoms with Crippen LogP contribution in [-0.4, -0.2) is 37.2 Å². The molecule has 8 heteroatoms. The van der Waals surface area contributed by atoms with Crippen LogP contribution in [0.3, 0.4) is 0 Å². The summed E-state index contributed by atoms with van der Waals surface area (Å²) in [5.41, 5.74) is 2.64. The zero-order valence-corrected chi connectivity index (χ0v) is 20.8. The summed E-state index contributed by atoms with van der Waals surface area (Å²) in [7, 11) is -3.33. The molecule has 3 aromatic carbocycles. The van der Waals surface area contributed by atoms with Crippen LogP contribution in [0.1, 0.15) is 17.0 Å². The number of hydrogen-bond donors (Lipinski definition) is 0. The van der Waals surface area contributed by atoms with Gasteiger partial charge in [-0.2, -0.15) is 16.8 Å². The van der Waals surface area contributed by atoms with Crippen molar-refractivity contribution in [2.45, 2.75) is 17.4 Å². The zero-order chi connectivity index (χ0) is 23.4. The number of carbonyl (C=O) groups is 1. The summed E-state index contributed by atoms with van der Waals surface area (Å²) in [5, 5.41) is 0. The number of sulfone groups is 1. The van der Waals surface area contributed by atoms with E-state index < -0.39 is 15.8 Å². The molecule has 5 nitrogen and oxygen atoms in total. The lowest BCUT2D eigenvalue weighted by atomic mass is 9.91. The van der Waals surface area contributed by atoms with Gasteiger partial charge in [0.15, 0.2) is 14.6 Å². The highest BCUT2D eigenvalue weighted by Gasteiger charge is 2.23. The molecule has 0 atom stereocenters. The van der Waals surface area contributed by atoms with Crippen molar-refractivity contribution in [2.75, 3.05) is 18.3 Å². The summed E-state index contributed by atoms with van der Waals surface area (Å²) in [6, 6.07) is 24.4. The van der Waals surface area contributed by atoms with Crippen LogP contribution in [0.4, 0.5) is 0 Å². The first-order valence-corrected chi connectivity index (χ1v) is 14.5. The van der Waals surface area contributed by atoms with Crippen LogP contribution in [0.15, 0.2) is 88.8 Å². The third-order valence-electron chi connectivity index (χ3n) is 5.32. The Hall–Kier alpha value is -2.68. The molecule has 0 aliphatic carbocycles. The monoisotopic (exact) mass is 496 g/mol. The van der Waals surface area contributed by atoms with Gasteiger partial charge in [0.05, 0.1) is 21.0 Å². The largest absolute Gasteiger partial charge is 0.316 e. The van der Waals surface area contributed by atoms with Crippen LogP contribution >= 0.6 is 23.1 Å². The number of thioether (sulfide) groups is 1. The minimum Gasteiger partial charge on any atom is -0.316 e. The van der Waals surface area contributed by atoms with Crippen LogP contribution in [0.2, 0.25) is 0 Å². The molecule has 1 aromatic heterocycles. The first-order chi connectivity index (χ1) is 15.9. The lowest BCUT2D eigenvalue weighted by molar-refractivity contribution is -0.118.